The minimum absolute atomic E-state index is 0.0836. The second-order valence-electron chi connectivity index (χ2n) is 5.58. The molecule has 0 saturated carbocycles. The number of carboxylic acid groups (broad SMARTS) is 1. The number of carbonyl (C=O) groups excluding carboxylic acids is 1. The van der Waals surface area contributed by atoms with E-state index in [1.54, 1.807) is 4.90 Å². The molecule has 0 spiro atoms. The topological polar surface area (TPSA) is 66.8 Å². The Bertz CT molecular complexity index is 308. The summed E-state index contributed by atoms with van der Waals surface area (Å²) < 4.78 is 5.28. The molecule has 1 unspecified atom stereocenters. The predicted octanol–water partition coefficient (Wildman–Crippen LogP) is 2.11. The van der Waals surface area contributed by atoms with Crippen LogP contribution in [-0.2, 0) is 9.53 Å². The Morgan fingerprint density at radius 2 is 1.94 bits per heavy atom. The Morgan fingerprint density at radius 3 is 2.35 bits per heavy atom. The summed E-state index contributed by atoms with van der Waals surface area (Å²) in [6.07, 6.45) is 0.641. The third-order valence-electron chi connectivity index (χ3n) is 2.85. The van der Waals surface area contributed by atoms with Gasteiger partial charge in [0.15, 0.2) is 0 Å². The molecule has 1 saturated heterocycles. The summed E-state index contributed by atoms with van der Waals surface area (Å²) in [5.41, 5.74) is -0.513. The van der Waals surface area contributed by atoms with E-state index in [1.807, 2.05) is 27.7 Å². The van der Waals surface area contributed by atoms with Crippen LogP contribution in [0.15, 0.2) is 0 Å². The standard InChI is InChI=1S/C12H21NO4/c1-8-7-9(10(14)15)5-6-13(8)11(16)17-12(2,3)4/h8-9H,5-7H2,1-4H3,(H,14,15)/t8-,9?/m1/s1. The van der Waals surface area contributed by atoms with Gasteiger partial charge in [-0.15, -0.1) is 0 Å². The highest BCUT2D eigenvalue weighted by Crippen LogP contribution is 2.24. The number of ether oxygens (including phenoxy) is 1. The number of carboxylic acids is 1. The molecule has 1 amide bonds. The maximum absolute atomic E-state index is 11.9. The molecule has 98 valence electrons. The Kier molecular flexibility index (Phi) is 4.01. The van der Waals surface area contributed by atoms with Gasteiger partial charge < -0.3 is 14.7 Å². The van der Waals surface area contributed by atoms with E-state index >= 15 is 0 Å². The van der Waals surface area contributed by atoms with Crippen molar-refractivity contribution in [3.05, 3.63) is 0 Å². The minimum atomic E-state index is -0.777. The number of rotatable bonds is 1. The molecular formula is C12H21NO4. The van der Waals surface area contributed by atoms with Crippen molar-refractivity contribution >= 4 is 12.1 Å². The summed E-state index contributed by atoms with van der Waals surface area (Å²) in [4.78, 5) is 24.3. The van der Waals surface area contributed by atoms with Crippen LogP contribution in [0, 0.1) is 5.92 Å². The smallest absolute Gasteiger partial charge is 0.410 e. The first-order chi connectivity index (χ1) is 7.70. The van der Waals surface area contributed by atoms with E-state index < -0.39 is 11.6 Å². The van der Waals surface area contributed by atoms with Crippen molar-refractivity contribution in [3.8, 4) is 0 Å². The molecule has 0 aromatic heterocycles. The molecule has 0 aromatic rings. The number of hydrogen-bond donors (Lipinski definition) is 1. The second kappa shape index (κ2) is 4.94. The van der Waals surface area contributed by atoms with Crippen LogP contribution < -0.4 is 0 Å². The highest BCUT2D eigenvalue weighted by atomic mass is 16.6. The molecule has 5 nitrogen and oxygen atoms in total. The monoisotopic (exact) mass is 243 g/mol. The summed E-state index contributed by atoms with van der Waals surface area (Å²) in [7, 11) is 0. The van der Waals surface area contributed by atoms with Crippen LogP contribution in [0.3, 0.4) is 0 Å². The Labute approximate surface area is 102 Å². The SMILES string of the molecule is C[C@@H]1CC(C(=O)O)CCN1C(=O)OC(C)(C)C. The quantitative estimate of drug-likeness (QED) is 0.766. The van der Waals surface area contributed by atoms with Gasteiger partial charge in [0, 0.05) is 12.6 Å². The zero-order valence-electron chi connectivity index (χ0n) is 10.9. The highest BCUT2D eigenvalue weighted by molar-refractivity contribution is 5.72. The molecule has 17 heavy (non-hydrogen) atoms. The number of nitrogens with zero attached hydrogens (tertiary/aromatic N) is 1. The maximum Gasteiger partial charge on any atom is 0.410 e. The predicted molar refractivity (Wildman–Crippen MR) is 62.8 cm³/mol. The molecule has 0 radical (unpaired) electrons. The van der Waals surface area contributed by atoms with Crippen molar-refractivity contribution in [2.75, 3.05) is 6.54 Å². The van der Waals surface area contributed by atoms with E-state index in [4.69, 9.17) is 9.84 Å². The van der Waals surface area contributed by atoms with Gasteiger partial charge in [-0.3, -0.25) is 4.79 Å². The van der Waals surface area contributed by atoms with E-state index in [0.29, 0.717) is 19.4 Å². The van der Waals surface area contributed by atoms with Crippen LogP contribution in [0.2, 0.25) is 0 Å². The summed E-state index contributed by atoms with van der Waals surface area (Å²) in [6.45, 7) is 7.77. The van der Waals surface area contributed by atoms with E-state index in [9.17, 15) is 9.59 Å². The van der Waals surface area contributed by atoms with Gasteiger partial charge in [0.25, 0.3) is 0 Å². The van der Waals surface area contributed by atoms with Gasteiger partial charge in [-0.05, 0) is 40.5 Å². The zero-order valence-corrected chi connectivity index (χ0v) is 10.9. The number of carbonyl (C=O) groups is 2. The molecule has 1 fully saturated rings. The fourth-order valence-corrected chi connectivity index (χ4v) is 1.99. The third-order valence-corrected chi connectivity index (χ3v) is 2.85. The van der Waals surface area contributed by atoms with E-state index in [2.05, 4.69) is 0 Å². The number of aliphatic carboxylic acids is 1. The first-order valence-corrected chi connectivity index (χ1v) is 5.93. The van der Waals surface area contributed by atoms with E-state index in [0.717, 1.165) is 0 Å². The summed E-state index contributed by atoms with van der Waals surface area (Å²) in [5.74, 6) is -1.12. The van der Waals surface area contributed by atoms with Crippen molar-refractivity contribution in [1.82, 2.24) is 4.90 Å². The molecule has 1 aliphatic heterocycles. The van der Waals surface area contributed by atoms with Gasteiger partial charge in [-0.25, -0.2) is 4.79 Å². The van der Waals surface area contributed by atoms with Gasteiger partial charge >= 0.3 is 12.1 Å². The highest BCUT2D eigenvalue weighted by Gasteiger charge is 2.34. The summed E-state index contributed by atoms with van der Waals surface area (Å²) >= 11 is 0. The number of hydrogen-bond acceptors (Lipinski definition) is 3. The average Bonchev–Trinajstić information content (AvgIpc) is 2.14. The normalized spacial score (nSPS) is 25.5. The Morgan fingerprint density at radius 1 is 1.35 bits per heavy atom. The summed E-state index contributed by atoms with van der Waals surface area (Å²) in [5, 5.41) is 8.93. The first kappa shape index (κ1) is 13.8. The largest absolute Gasteiger partial charge is 0.481 e. The van der Waals surface area contributed by atoms with Crippen molar-refractivity contribution in [2.24, 2.45) is 5.92 Å². The van der Waals surface area contributed by atoms with Crippen molar-refractivity contribution < 1.29 is 19.4 Å². The maximum atomic E-state index is 11.9. The molecule has 1 aliphatic rings. The number of piperidine rings is 1. The lowest BCUT2D eigenvalue weighted by Gasteiger charge is -2.37. The van der Waals surface area contributed by atoms with Crippen LogP contribution in [0.1, 0.15) is 40.5 Å². The number of likely N-dealkylation sites (tertiary alicyclic amines) is 1. The lowest BCUT2D eigenvalue weighted by atomic mass is 9.92. The van der Waals surface area contributed by atoms with Crippen LogP contribution in [0.4, 0.5) is 4.79 Å². The van der Waals surface area contributed by atoms with Gasteiger partial charge in [-0.2, -0.15) is 0 Å². The molecule has 1 heterocycles. The van der Waals surface area contributed by atoms with Crippen LogP contribution in [-0.4, -0.2) is 40.3 Å². The third kappa shape index (κ3) is 3.91. The molecule has 0 bridgehead atoms. The first-order valence-electron chi connectivity index (χ1n) is 5.93. The molecule has 1 rings (SSSR count). The van der Waals surface area contributed by atoms with E-state index in [1.165, 1.54) is 0 Å². The average molecular weight is 243 g/mol. The van der Waals surface area contributed by atoms with Gasteiger partial charge in [-0.1, -0.05) is 0 Å². The lowest BCUT2D eigenvalue weighted by molar-refractivity contribution is -0.144. The Hall–Kier alpha value is -1.26. The van der Waals surface area contributed by atoms with Crippen LogP contribution in [0.25, 0.3) is 0 Å². The van der Waals surface area contributed by atoms with Gasteiger partial charge in [0.2, 0.25) is 0 Å². The fourth-order valence-electron chi connectivity index (χ4n) is 1.99. The lowest BCUT2D eigenvalue weighted by Crippen LogP contribution is -2.47. The summed E-state index contributed by atoms with van der Waals surface area (Å²) in [6, 6.07) is -0.0836. The number of amides is 1. The van der Waals surface area contributed by atoms with Crippen LogP contribution >= 0.6 is 0 Å². The fraction of sp³-hybridized carbons (Fsp3) is 0.833. The van der Waals surface area contributed by atoms with Crippen LogP contribution in [0.5, 0.6) is 0 Å². The molecule has 2 atom stereocenters. The molecule has 0 aromatic carbocycles. The molecule has 1 N–H and O–H groups in total. The molecule has 5 heteroatoms. The molecule has 0 aliphatic carbocycles. The van der Waals surface area contributed by atoms with Crippen molar-refractivity contribution in [1.29, 1.82) is 0 Å². The minimum Gasteiger partial charge on any atom is -0.481 e. The zero-order chi connectivity index (χ0) is 13.2. The van der Waals surface area contributed by atoms with Crippen molar-refractivity contribution in [3.63, 3.8) is 0 Å². The van der Waals surface area contributed by atoms with Crippen molar-refractivity contribution in [2.45, 2.75) is 52.2 Å². The molecular weight excluding hydrogens is 222 g/mol. The second-order valence-corrected chi connectivity index (χ2v) is 5.58. The Balaban J connectivity index is 2.58. The van der Waals surface area contributed by atoms with Gasteiger partial charge in [0.05, 0.1) is 5.92 Å². The van der Waals surface area contributed by atoms with E-state index in [-0.39, 0.29) is 18.1 Å². The van der Waals surface area contributed by atoms with Gasteiger partial charge in [0.1, 0.15) is 5.60 Å².